The Morgan fingerprint density at radius 2 is 1.76 bits per heavy atom. The molecule has 0 fully saturated rings. The molecule has 0 saturated carbocycles. The third-order valence-electron chi connectivity index (χ3n) is 2.95. The second-order valence-corrected chi connectivity index (χ2v) is 7.13. The van der Waals surface area contributed by atoms with Gasteiger partial charge in [-0.05, 0) is 53.2 Å². The summed E-state index contributed by atoms with van der Waals surface area (Å²) in [6.07, 6.45) is -0.393. The van der Waals surface area contributed by atoms with E-state index in [1.165, 1.54) is 0 Å². The van der Waals surface area contributed by atoms with Crippen LogP contribution in [0, 0.1) is 0 Å². The summed E-state index contributed by atoms with van der Waals surface area (Å²) < 4.78 is 16.2. The van der Waals surface area contributed by atoms with Gasteiger partial charge in [0.05, 0.1) is 6.10 Å². The van der Waals surface area contributed by atoms with Crippen LogP contribution in [-0.2, 0) is 20.7 Å². The molecule has 6 nitrogen and oxygen atoms in total. The second-order valence-electron chi connectivity index (χ2n) is 7.13. The van der Waals surface area contributed by atoms with Crippen molar-refractivity contribution in [1.82, 2.24) is 5.32 Å². The van der Waals surface area contributed by atoms with Crippen LogP contribution in [0.5, 0.6) is 5.75 Å². The Balaban J connectivity index is 2.47. The average Bonchev–Trinajstić information content (AvgIpc) is 2.45. The van der Waals surface area contributed by atoms with Gasteiger partial charge in [-0.25, -0.2) is 4.79 Å². The summed E-state index contributed by atoms with van der Waals surface area (Å²) in [5.74, 6) is 0.271. The van der Waals surface area contributed by atoms with Gasteiger partial charge in [0, 0.05) is 6.42 Å². The van der Waals surface area contributed by atoms with E-state index in [0.717, 1.165) is 11.3 Å². The lowest BCUT2D eigenvalue weighted by atomic mass is 10.1. The predicted molar refractivity (Wildman–Crippen MR) is 95.7 cm³/mol. The maximum atomic E-state index is 11.9. The molecule has 1 atom stereocenters. The van der Waals surface area contributed by atoms with Crippen molar-refractivity contribution in [1.29, 1.82) is 0 Å². The van der Waals surface area contributed by atoms with E-state index in [9.17, 15) is 9.59 Å². The number of benzene rings is 1. The predicted octanol–water partition coefficient (Wildman–Crippen LogP) is 3.47. The fourth-order valence-electron chi connectivity index (χ4n) is 2.12. The largest absolute Gasteiger partial charge is 0.491 e. The SMILES string of the molecule is CC(C)Oc1ccccc1CC(C)OC(=O)CNC(=O)OC(C)(C)C. The third kappa shape index (κ3) is 8.98. The fraction of sp³-hybridized carbons (Fsp3) is 0.579. The molecule has 0 heterocycles. The van der Waals surface area contributed by atoms with E-state index < -0.39 is 17.7 Å². The quantitative estimate of drug-likeness (QED) is 0.762. The van der Waals surface area contributed by atoms with Crippen LogP contribution in [-0.4, -0.2) is 36.4 Å². The van der Waals surface area contributed by atoms with Gasteiger partial charge in [0.15, 0.2) is 0 Å². The average molecular weight is 351 g/mol. The molecular weight excluding hydrogens is 322 g/mol. The van der Waals surface area contributed by atoms with Gasteiger partial charge >= 0.3 is 12.1 Å². The monoisotopic (exact) mass is 351 g/mol. The lowest BCUT2D eigenvalue weighted by Gasteiger charge is -2.20. The first-order chi connectivity index (χ1) is 11.6. The Morgan fingerprint density at radius 3 is 2.36 bits per heavy atom. The van der Waals surface area contributed by atoms with Crippen LogP contribution in [0.4, 0.5) is 4.79 Å². The summed E-state index contributed by atoms with van der Waals surface area (Å²) in [4.78, 5) is 23.4. The van der Waals surface area contributed by atoms with Crippen LogP contribution in [0.2, 0.25) is 0 Å². The van der Waals surface area contributed by atoms with Crippen LogP contribution in [0.25, 0.3) is 0 Å². The number of esters is 1. The molecule has 0 saturated heterocycles. The van der Waals surface area contributed by atoms with E-state index in [0.29, 0.717) is 6.42 Å². The molecule has 1 rings (SSSR count). The van der Waals surface area contributed by atoms with Gasteiger partial charge in [-0.3, -0.25) is 4.79 Å². The van der Waals surface area contributed by atoms with Crippen molar-refractivity contribution in [2.75, 3.05) is 6.54 Å². The molecule has 0 aliphatic rings. The van der Waals surface area contributed by atoms with Gasteiger partial charge in [0.1, 0.15) is 24.0 Å². The molecule has 0 aliphatic carbocycles. The maximum absolute atomic E-state index is 11.9. The number of alkyl carbamates (subject to hydrolysis) is 1. The van der Waals surface area contributed by atoms with E-state index in [1.54, 1.807) is 27.7 Å². The van der Waals surface area contributed by atoms with Gasteiger partial charge in [-0.1, -0.05) is 18.2 Å². The molecule has 6 heteroatoms. The smallest absolute Gasteiger partial charge is 0.408 e. The number of hydrogen-bond donors (Lipinski definition) is 1. The molecular formula is C19H29NO5. The number of carbonyl (C=O) groups excluding carboxylic acids is 2. The van der Waals surface area contributed by atoms with Crippen LogP contribution >= 0.6 is 0 Å². The molecule has 0 radical (unpaired) electrons. The van der Waals surface area contributed by atoms with Gasteiger partial charge in [-0.15, -0.1) is 0 Å². The number of rotatable bonds is 7. The summed E-state index contributed by atoms with van der Waals surface area (Å²) in [7, 11) is 0. The van der Waals surface area contributed by atoms with Crippen LogP contribution < -0.4 is 10.1 Å². The normalized spacial score (nSPS) is 12.4. The van der Waals surface area contributed by atoms with E-state index in [1.807, 2.05) is 38.1 Å². The van der Waals surface area contributed by atoms with Crippen molar-refractivity contribution in [2.45, 2.75) is 65.8 Å². The summed E-state index contributed by atoms with van der Waals surface area (Å²) >= 11 is 0. The second kappa shape index (κ2) is 9.30. The molecule has 25 heavy (non-hydrogen) atoms. The topological polar surface area (TPSA) is 73.9 Å². The number of amides is 1. The standard InChI is InChI=1S/C19H29NO5/c1-13(2)23-16-10-8-7-9-15(16)11-14(3)24-17(21)12-20-18(22)25-19(4,5)6/h7-10,13-14H,11-12H2,1-6H3,(H,20,22). The molecule has 0 aliphatic heterocycles. The van der Waals surface area contributed by atoms with Crippen molar-refractivity contribution >= 4 is 12.1 Å². The summed E-state index contributed by atoms with van der Waals surface area (Å²) in [6.45, 7) is 10.8. The maximum Gasteiger partial charge on any atom is 0.408 e. The molecule has 1 aromatic carbocycles. The first-order valence-electron chi connectivity index (χ1n) is 8.47. The zero-order chi connectivity index (χ0) is 19.0. The van der Waals surface area contributed by atoms with Crippen molar-refractivity contribution in [3.63, 3.8) is 0 Å². The molecule has 0 spiro atoms. The van der Waals surface area contributed by atoms with E-state index in [-0.39, 0.29) is 18.8 Å². The zero-order valence-electron chi connectivity index (χ0n) is 15.9. The van der Waals surface area contributed by atoms with Gasteiger partial charge in [-0.2, -0.15) is 0 Å². The summed E-state index contributed by atoms with van der Waals surface area (Å²) in [6, 6.07) is 7.67. The summed E-state index contributed by atoms with van der Waals surface area (Å²) in [5.41, 5.74) is 0.359. The highest BCUT2D eigenvalue weighted by Crippen LogP contribution is 2.21. The van der Waals surface area contributed by atoms with Crippen molar-refractivity contribution in [3.05, 3.63) is 29.8 Å². The first-order valence-corrected chi connectivity index (χ1v) is 8.47. The highest BCUT2D eigenvalue weighted by atomic mass is 16.6. The lowest BCUT2D eigenvalue weighted by molar-refractivity contribution is -0.147. The number of ether oxygens (including phenoxy) is 3. The van der Waals surface area contributed by atoms with Crippen molar-refractivity contribution < 1.29 is 23.8 Å². The number of carbonyl (C=O) groups is 2. The Bertz CT molecular complexity index is 577. The number of hydrogen-bond acceptors (Lipinski definition) is 5. The minimum atomic E-state index is -0.646. The van der Waals surface area contributed by atoms with Gasteiger partial charge < -0.3 is 19.5 Å². The molecule has 1 amide bonds. The van der Waals surface area contributed by atoms with Gasteiger partial charge in [0.25, 0.3) is 0 Å². The van der Waals surface area contributed by atoms with Crippen LogP contribution in [0.1, 0.15) is 47.1 Å². The Labute approximate surface area is 149 Å². The van der Waals surface area contributed by atoms with Crippen molar-refractivity contribution in [2.24, 2.45) is 0 Å². The lowest BCUT2D eigenvalue weighted by Crippen LogP contribution is -2.36. The minimum absolute atomic E-state index is 0.0667. The van der Waals surface area contributed by atoms with E-state index in [2.05, 4.69) is 5.32 Å². The molecule has 140 valence electrons. The first kappa shape index (κ1) is 20.8. The van der Waals surface area contributed by atoms with E-state index in [4.69, 9.17) is 14.2 Å². The minimum Gasteiger partial charge on any atom is -0.491 e. The third-order valence-corrected chi connectivity index (χ3v) is 2.95. The zero-order valence-corrected chi connectivity index (χ0v) is 15.9. The number of nitrogens with one attached hydrogen (secondary N) is 1. The van der Waals surface area contributed by atoms with Crippen LogP contribution in [0.15, 0.2) is 24.3 Å². The Morgan fingerprint density at radius 1 is 1.12 bits per heavy atom. The molecule has 1 N–H and O–H groups in total. The van der Waals surface area contributed by atoms with Gasteiger partial charge in [0.2, 0.25) is 0 Å². The Kier molecular flexibility index (Phi) is 7.74. The molecule has 1 unspecified atom stereocenters. The number of para-hydroxylation sites is 1. The van der Waals surface area contributed by atoms with Crippen LogP contribution in [0.3, 0.4) is 0 Å². The molecule has 0 aromatic heterocycles. The summed E-state index contributed by atoms with van der Waals surface area (Å²) in [5, 5.41) is 2.39. The van der Waals surface area contributed by atoms with Crippen molar-refractivity contribution in [3.8, 4) is 5.75 Å². The molecule has 1 aromatic rings. The van der Waals surface area contributed by atoms with E-state index >= 15 is 0 Å². The highest BCUT2D eigenvalue weighted by molar-refractivity contribution is 5.78. The molecule has 0 bridgehead atoms. The Hall–Kier alpha value is -2.24. The fourth-order valence-corrected chi connectivity index (χ4v) is 2.12. The highest BCUT2D eigenvalue weighted by Gasteiger charge is 2.18.